The normalized spacial score (nSPS) is 14.5. The van der Waals surface area contributed by atoms with Crippen LogP contribution in [0.4, 0.5) is 11.4 Å². The second-order valence-electron chi connectivity index (χ2n) is 6.90. The summed E-state index contributed by atoms with van der Waals surface area (Å²) in [5.41, 5.74) is 4.71. The quantitative estimate of drug-likeness (QED) is 0.758. The van der Waals surface area contributed by atoms with E-state index in [1.807, 2.05) is 41.3 Å². The number of hydrogen-bond donors (Lipinski definition) is 1. The first kappa shape index (κ1) is 16.6. The number of carbonyl (C=O) groups excluding carboxylic acids is 1. The molecule has 6 heteroatoms. The highest BCUT2D eigenvalue weighted by atomic mass is 16.7. The number of anilines is 2. The van der Waals surface area contributed by atoms with Gasteiger partial charge in [0.15, 0.2) is 11.5 Å². The Morgan fingerprint density at radius 3 is 2.75 bits per heavy atom. The van der Waals surface area contributed by atoms with Gasteiger partial charge < -0.3 is 19.7 Å². The molecule has 2 aliphatic heterocycles. The summed E-state index contributed by atoms with van der Waals surface area (Å²) < 4.78 is 10.7. The second kappa shape index (κ2) is 6.88. The largest absolute Gasteiger partial charge is 0.454 e. The Bertz CT molecular complexity index is 1050. The summed E-state index contributed by atoms with van der Waals surface area (Å²) in [6.07, 6.45) is 4.20. The average Bonchev–Trinajstić information content (AvgIpc) is 3.21. The number of fused-ring (bicyclic) bond motifs is 2. The van der Waals surface area contributed by atoms with E-state index in [1.165, 1.54) is 11.1 Å². The monoisotopic (exact) mass is 373 g/mol. The van der Waals surface area contributed by atoms with Crippen molar-refractivity contribution in [3.05, 3.63) is 77.6 Å². The fourth-order valence-electron chi connectivity index (χ4n) is 3.62. The van der Waals surface area contributed by atoms with Crippen LogP contribution in [-0.4, -0.2) is 29.1 Å². The van der Waals surface area contributed by atoms with Gasteiger partial charge in [-0.15, -0.1) is 0 Å². The summed E-state index contributed by atoms with van der Waals surface area (Å²) in [5.74, 6) is 1.44. The van der Waals surface area contributed by atoms with E-state index in [0.717, 1.165) is 30.1 Å². The molecule has 0 spiro atoms. The maximum absolute atomic E-state index is 13.0. The van der Waals surface area contributed by atoms with Crippen molar-refractivity contribution in [2.45, 2.75) is 13.0 Å². The van der Waals surface area contributed by atoms with Crippen molar-refractivity contribution in [1.82, 2.24) is 9.88 Å². The van der Waals surface area contributed by atoms with Gasteiger partial charge in [0.25, 0.3) is 5.91 Å². The molecular formula is C22H19N3O3. The molecule has 0 bridgehead atoms. The van der Waals surface area contributed by atoms with Gasteiger partial charge in [0.1, 0.15) is 0 Å². The van der Waals surface area contributed by atoms with Crippen molar-refractivity contribution in [3.8, 4) is 11.5 Å². The highest BCUT2D eigenvalue weighted by Crippen LogP contribution is 2.35. The molecule has 28 heavy (non-hydrogen) atoms. The van der Waals surface area contributed by atoms with Gasteiger partial charge in [-0.25, -0.2) is 0 Å². The fourth-order valence-corrected chi connectivity index (χ4v) is 3.62. The highest BCUT2D eigenvalue weighted by Gasteiger charge is 2.22. The van der Waals surface area contributed by atoms with Gasteiger partial charge >= 0.3 is 0 Å². The van der Waals surface area contributed by atoms with Crippen molar-refractivity contribution in [1.29, 1.82) is 0 Å². The Morgan fingerprint density at radius 2 is 1.82 bits per heavy atom. The van der Waals surface area contributed by atoms with Crippen molar-refractivity contribution in [3.63, 3.8) is 0 Å². The molecule has 5 rings (SSSR count). The average molecular weight is 373 g/mol. The van der Waals surface area contributed by atoms with Gasteiger partial charge in [-0.3, -0.25) is 9.78 Å². The maximum atomic E-state index is 13.0. The molecule has 2 aliphatic rings. The fraction of sp³-hybridized carbons (Fsp3) is 0.182. The lowest BCUT2D eigenvalue weighted by Gasteiger charge is -2.29. The van der Waals surface area contributed by atoms with Crippen LogP contribution in [0.1, 0.15) is 21.5 Å². The Balaban J connectivity index is 1.33. The zero-order valence-corrected chi connectivity index (χ0v) is 15.2. The third-order valence-electron chi connectivity index (χ3n) is 5.06. The third kappa shape index (κ3) is 3.13. The molecule has 3 aromatic rings. The van der Waals surface area contributed by atoms with E-state index in [0.29, 0.717) is 17.9 Å². The molecular weight excluding hydrogens is 354 g/mol. The van der Waals surface area contributed by atoms with Crippen LogP contribution in [0, 0.1) is 0 Å². The zero-order valence-electron chi connectivity index (χ0n) is 15.2. The summed E-state index contributed by atoms with van der Waals surface area (Å²) in [4.78, 5) is 19.1. The predicted molar refractivity (Wildman–Crippen MR) is 105 cm³/mol. The number of carbonyl (C=O) groups is 1. The van der Waals surface area contributed by atoms with Gasteiger partial charge in [-0.2, -0.15) is 0 Å². The van der Waals surface area contributed by atoms with Gasteiger partial charge in [0.2, 0.25) is 6.79 Å². The first-order valence-corrected chi connectivity index (χ1v) is 9.24. The molecule has 0 fully saturated rings. The van der Waals surface area contributed by atoms with Crippen LogP contribution in [0.15, 0.2) is 60.9 Å². The lowest BCUT2D eigenvalue weighted by atomic mass is 9.99. The smallest absolute Gasteiger partial charge is 0.255 e. The van der Waals surface area contributed by atoms with Crippen LogP contribution in [0.3, 0.4) is 0 Å². The van der Waals surface area contributed by atoms with Crippen LogP contribution >= 0.6 is 0 Å². The van der Waals surface area contributed by atoms with Gasteiger partial charge in [-0.05, 0) is 35.7 Å². The van der Waals surface area contributed by atoms with Crippen molar-refractivity contribution in [2.75, 3.05) is 18.7 Å². The minimum atomic E-state index is -0.00339. The Morgan fingerprint density at radius 1 is 0.964 bits per heavy atom. The maximum Gasteiger partial charge on any atom is 0.255 e. The molecule has 1 aromatic heterocycles. The van der Waals surface area contributed by atoms with Crippen LogP contribution in [-0.2, 0) is 13.0 Å². The lowest BCUT2D eigenvalue weighted by Crippen LogP contribution is -2.36. The summed E-state index contributed by atoms with van der Waals surface area (Å²) >= 11 is 0. The number of nitrogens with zero attached hydrogens (tertiary/aromatic N) is 2. The number of amides is 1. The standard InChI is InChI=1S/C22H19N3O3/c26-22(25-8-7-15-3-1-2-4-16(15)13-25)17-9-19(12-23-11-17)24-18-5-6-20-21(10-18)28-14-27-20/h1-6,9-12,24H,7-8,13-14H2. The third-order valence-corrected chi connectivity index (χ3v) is 5.06. The Hall–Kier alpha value is -3.54. The lowest BCUT2D eigenvalue weighted by molar-refractivity contribution is 0.0734. The molecule has 2 aromatic carbocycles. The molecule has 1 amide bonds. The number of ether oxygens (including phenoxy) is 2. The zero-order chi connectivity index (χ0) is 18.9. The number of aromatic nitrogens is 1. The number of benzene rings is 2. The van der Waals surface area contributed by atoms with E-state index in [1.54, 1.807) is 12.4 Å². The molecule has 0 saturated heterocycles. The molecule has 0 aliphatic carbocycles. The van der Waals surface area contributed by atoms with Crippen molar-refractivity contribution < 1.29 is 14.3 Å². The summed E-state index contributed by atoms with van der Waals surface area (Å²) in [7, 11) is 0. The van der Waals surface area contributed by atoms with Crippen LogP contribution in [0.25, 0.3) is 0 Å². The Labute approximate surface area is 162 Å². The van der Waals surface area contributed by atoms with Crippen molar-refractivity contribution in [2.24, 2.45) is 0 Å². The number of rotatable bonds is 3. The van der Waals surface area contributed by atoms with Gasteiger partial charge in [0.05, 0.1) is 17.4 Å². The minimum Gasteiger partial charge on any atom is -0.454 e. The predicted octanol–water partition coefficient (Wildman–Crippen LogP) is 3.75. The summed E-state index contributed by atoms with van der Waals surface area (Å²) in [5, 5.41) is 3.28. The molecule has 3 heterocycles. The van der Waals surface area contributed by atoms with Crippen LogP contribution < -0.4 is 14.8 Å². The van der Waals surface area contributed by atoms with E-state index in [-0.39, 0.29) is 12.7 Å². The van der Waals surface area contributed by atoms with E-state index >= 15 is 0 Å². The molecule has 1 N–H and O–H groups in total. The SMILES string of the molecule is O=C(c1cncc(Nc2ccc3c(c2)OCO3)c1)N1CCc2ccccc2C1. The van der Waals surface area contributed by atoms with E-state index in [4.69, 9.17) is 9.47 Å². The molecule has 6 nitrogen and oxygen atoms in total. The topological polar surface area (TPSA) is 63.7 Å². The van der Waals surface area contributed by atoms with Crippen LogP contribution in [0.5, 0.6) is 11.5 Å². The Kier molecular flexibility index (Phi) is 4.09. The second-order valence-corrected chi connectivity index (χ2v) is 6.90. The number of nitrogens with one attached hydrogen (secondary N) is 1. The summed E-state index contributed by atoms with van der Waals surface area (Å²) in [6.45, 7) is 1.59. The van der Waals surface area contributed by atoms with Gasteiger partial charge in [0, 0.05) is 31.0 Å². The number of pyridine rings is 1. The van der Waals surface area contributed by atoms with Gasteiger partial charge in [-0.1, -0.05) is 24.3 Å². The van der Waals surface area contributed by atoms with E-state index < -0.39 is 0 Å². The molecule has 0 atom stereocenters. The minimum absolute atomic E-state index is 0.00339. The molecule has 140 valence electrons. The summed E-state index contributed by atoms with van der Waals surface area (Å²) in [6, 6.07) is 15.8. The highest BCUT2D eigenvalue weighted by molar-refractivity contribution is 5.95. The van der Waals surface area contributed by atoms with E-state index in [2.05, 4.69) is 22.4 Å². The molecule has 0 radical (unpaired) electrons. The van der Waals surface area contributed by atoms with Crippen molar-refractivity contribution >= 4 is 17.3 Å². The molecule has 0 saturated carbocycles. The first-order valence-electron chi connectivity index (χ1n) is 9.24. The van der Waals surface area contributed by atoms with E-state index in [9.17, 15) is 4.79 Å². The first-order chi connectivity index (χ1) is 13.8. The van der Waals surface area contributed by atoms with Crippen LogP contribution in [0.2, 0.25) is 0 Å². The molecule has 0 unspecified atom stereocenters. The number of hydrogen-bond acceptors (Lipinski definition) is 5.